The summed E-state index contributed by atoms with van der Waals surface area (Å²) in [5.41, 5.74) is -0.222. The highest BCUT2D eigenvalue weighted by molar-refractivity contribution is 5.59. The zero-order chi connectivity index (χ0) is 15.9. The third-order valence-electron chi connectivity index (χ3n) is 2.97. The number of nitrogens with zero attached hydrogens (tertiary/aromatic N) is 3. The molecule has 5 nitrogen and oxygen atoms in total. The number of para-hydroxylation sites is 1. The Hall–Kier alpha value is -2.28. The predicted octanol–water partition coefficient (Wildman–Crippen LogP) is 2.86. The number of rotatable bonds is 7. The molecule has 0 aliphatic carbocycles. The van der Waals surface area contributed by atoms with E-state index in [4.69, 9.17) is 0 Å². The van der Waals surface area contributed by atoms with Crippen LogP contribution in [0, 0.1) is 11.6 Å². The maximum absolute atomic E-state index is 13.6. The summed E-state index contributed by atoms with van der Waals surface area (Å²) in [5.74, 6) is -0.402. The lowest BCUT2D eigenvalue weighted by Gasteiger charge is -2.11. The average molecular weight is 307 g/mol. The molecule has 0 fully saturated rings. The number of hydrogen-bond acceptors (Lipinski definition) is 5. The van der Waals surface area contributed by atoms with Crippen molar-refractivity contribution < 1.29 is 8.78 Å². The van der Waals surface area contributed by atoms with E-state index in [0.29, 0.717) is 11.6 Å². The Morgan fingerprint density at radius 3 is 2.45 bits per heavy atom. The van der Waals surface area contributed by atoms with Crippen LogP contribution in [0.2, 0.25) is 0 Å². The van der Waals surface area contributed by atoms with Crippen LogP contribution >= 0.6 is 0 Å². The smallest absolute Gasteiger partial charge is 0.149 e. The summed E-state index contributed by atoms with van der Waals surface area (Å²) in [6.45, 7) is 1.71. The topological polar surface area (TPSA) is 53.1 Å². The van der Waals surface area contributed by atoms with Crippen LogP contribution in [0.5, 0.6) is 0 Å². The first-order chi connectivity index (χ1) is 10.6. The van der Waals surface area contributed by atoms with E-state index in [9.17, 15) is 8.78 Å². The SMILES string of the molecule is CN(C)CCCNc1cc(Nc2c(F)cccc2F)ncn1. The van der Waals surface area contributed by atoms with Crippen molar-refractivity contribution >= 4 is 17.3 Å². The summed E-state index contributed by atoms with van der Waals surface area (Å²) < 4.78 is 27.2. The van der Waals surface area contributed by atoms with Gasteiger partial charge in [0, 0.05) is 12.6 Å². The van der Waals surface area contributed by atoms with Crippen molar-refractivity contribution in [1.82, 2.24) is 14.9 Å². The molecule has 0 bridgehead atoms. The van der Waals surface area contributed by atoms with Crippen molar-refractivity contribution in [3.8, 4) is 0 Å². The van der Waals surface area contributed by atoms with Gasteiger partial charge in [-0.1, -0.05) is 6.07 Å². The van der Waals surface area contributed by atoms with Crippen LogP contribution < -0.4 is 10.6 Å². The molecule has 2 aromatic rings. The summed E-state index contributed by atoms with van der Waals surface area (Å²) in [4.78, 5) is 10.1. The molecule has 0 aliphatic heterocycles. The van der Waals surface area contributed by atoms with Gasteiger partial charge in [0.25, 0.3) is 0 Å². The number of anilines is 3. The quantitative estimate of drug-likeness (QED) is 0.770. The van der Waals surface area contributed by atoms with Crippen LogP contribution in [-0.4, -0.2) is 42.1 Å². The van der Waals surface area contributed by atoms with Crippen LogP contribution in [0.3, 0.4) is 0 Å². The van der Waals surface area contributed by atoms with Crippen molar-refractivity contribution in [2.45, 2.75) is 6.42 Å². The maximum atomic E-state index is 13.6. The second-order valence-corrected chi connectivity index (χ2v) is 5.09. The van der Waals surface area contributed by atoms with Crippen LogP contribution in [0.4, 0.5) is 26.1 Å². The van der Waals surface area contributed by atoms with Crippen LogP contribution in [0.25, 0.3) is 0 Å². The normalized spacial score (nSPS) is 10.8. The van der Waals surface area contributed by atoms with Crippen molar-refractivity contribution in [3.63, 3.8) is 0 Å². The second-order valence-electron chi connectivity index (χ2n) is 5.09. The predicted molar refractivity (Wildman–Crippen MR) is 83.3 cm³/mol. The summed E-state index contributed by atoms with van der Waals surface area (Å²) >= 11 is 0. The van der Waals surface area contributed by atoms with Crippen molar-refractivity contribution in [3.05, 3.63) is 42.2 Å². The van der Waals surface area contributed by atoms with Crippen molar-refractivity contribution in [2.75, 3.05) is 37.8 Å². The first-order valence-electron chi connectivity index (χ1n) is 6.98. The van der Waals surface area contributed by atoms with Gasteiger partial charge in [0.2, 0.25) is 0 Å². The van der Waals surface area contributed by atoms with Crippen LogP contribution in [0.1, 0.15) is 6.42 Å². The molecule has 1 heterocycles. The molecule has 0 atom stereocenters. The zero-order valence-corrected chi connectivity index (χ0v) is 12.6. The molecule has 0 radical (unpaired) electrons. The highest BCUT2D eigenvalue weighted by Crippen LogP contribution is 2.22. The molecular weight excluding hydrogens is 288 g/mol. The molecule has 0 amide bonds. The average Bonchev–Trinajstić information content (AvgIpc) is 2.48. The molecule has 0 aliphatic rings. The summed E-state index contributed by atoms with van der Waals surface area (Å²) in [5, 5.41) is 5.79. The molecular formula is C15H19F2N5. The fourth-order valence-corrected chi connectivity index (χ4v) is 1.88. The fraction of sp³-hybridized carbons (Fsp3) is 0.333. The Kier molecular flexibility index (Phi) is 5.60. The van der Waals surface area contributed by atoms with E-state index in [0.717, 1.165) is 19.5 Å². The third-order valence-corrected chi connectivity index (χ3v) is 2.97. The molecule has 0 saturated carbocycles. The number of benzene rings is 1. The van der Waals surface area contributed by atoms with Gasteiger partial charge >= 0.3 is 0 Å². The van der Waals surface area contributed by atoms with Gasteiger partial charge in [-0.15, -0.1) is 0 Å². The molecule has 0 saturated heterocycles. The molecule has 1 aromatic carbocycles. The first-order valence-corrected chi connectivity index (χ1v) is 6.98. The van der Waals surface area contributed by atoms with Gasteiger partial charge in [-0.3, -0.25) is 0 Å². The van der Waals surface area contributed by atoms with Gasteiger partial charge in [0.05, 0.1) is 0 Å². The lowest BCUT2D eigenvalue weighted by molar-refractivity contribution is 0.405. The molecule has 0 spiro atoms. The van der Waals surface area contributed by atoms with Gasteiger partial charge < -0.3 is 15.5 Å². The van der Waals surface area contributed by atoms with Gasteiger partial charge in [0.15, 0.2) is 0 Å². The van der Waals surface area contributed by atoms with Gasteiger partial charge in [-0.2, -0.15) is 0 Å². The van der Waals surface area contributed by atoms with E-state index in [1.807, 2.05) is 14.1 Å². The Morgan fingerprint density at radius 2 is 1.77 bits per heavy atom. The summed E-state index contributed by atoms with van der Waals surface area (Å²) in [7, 11) is 4.02. The van der Waals surface area contributed by atoms with E-state index in [-0.39, 0.29) is 5.69 Å². The first kappa shape index (κ1) is 16.1. The fourth-order valence-electron chi connectivity index (χ4n) is 1.88. The summed E-state index contributed by atoms with van der Waals surface area (Å²) in [6.07, 6.45) is 2.30. The highest BCUT2D eigenvalue weighted by atomic mass is 19.1. The molecule has 2 N–H and O–H groups in total. The molecule has 7 heteroatoms. The molecule has 22 heavy (non-hydrogen) atoms. The number of hydrogen-bond donors (Lipinski definition) is 2. The lowest BCUT2D eigenvalue weighted by Crippen LogP contribution is -2.16. The number of nitrogens with one attached hydrogen (secondary N) is 2. The number of halogens is 2. The zero-order valence-electron chi connectivity index (χ0n) is 12.6. The molecule has 118 valence electrons. The van der Waals surface area contributed by atoms with Gasteiger partial charge in [0.1, 0.15) is 35.3 Å². The Bertz CT molecular complexity index is 598. The Morgan fingerprint density at radius 1 is 1.09 bits per heavy atom. The van der Waals surface area contributed by atoms with Crippen molar-refractivity contribution in [1.29, 1.82) is 0 Å². The van der Waals surface area contributed by atoms with E-state index in [1.165, 1.54) is 24.5 Å². The molecule has 2 rings (SSSR count). The highest BCUT2D eigenvalue weighted by Gasteiger charge is 2.09. The standard InChI is InChI=1S/C15H19F2N5/c1-22(2)8-4-7-18-13-9-14(20-10-19-13)21-15-11(16)5-3-6-12(15)17/h3,5-6,9-10H,4,7-8H2,1-2H3,(H2,18,19,20,21). The van der Waals surface area contributed by atoms with E-state index in [1.54, 1.807) is 6.07 Å². The van der Waals surface area contributed by atoms with Crippen molar-refractivity contribution in [2.24, 2.45) is 0 Å². The Balaban J connectivity index is 1.99. The van der Waals surface area contributed by atoms with E-state index >= 15 is 0 Å². The summed E-state index contributed by atoms with van der Waals surface area (Å²) in [6, 6.07) is 5.30. The Labute approximate surface area is 128 Å². The van der Waals surface area contributed by atoms with Crippen LogP contribution in [0.15, 0.2) is 30.6 Å². The minimum absolute atomic E-state index is 0.222. The third kappa shape index (κ3) is 4.63. The second kappa shape index (κ2) is 7.65. The largest absolute Gasteiger partial charge is 0.370 e. The maximum Gasteiger partial charge on any atom is 0.149 e. The van der Waals surface area contributed by atoms with Gasteiger partial charge in [-0.05, 0) is 39.2 Å². The van der Waals surface area contributed by atoms with E-state index < -0.39 is 11.6 Å². The molecule has 0 unspecified atom stereocenters. The minimum atomic E-state index is -0.667. The van der Waals surface area contributed by atoms with Crippen LogP contribution in [-0.2, 0) is 0 Å². The number of aromatic nitrogens is 2. The lowest BCUT2D eigenvalue weighted by atomic mass is 10.3. The monoisotopic (exact) mass is 307 g/mol. The van der Waals surface area contributed by atoms with E-state index in [2.05, 4.69) is 25.5 Å². The minimum Gasteiger partial charge on any atom is -0.370 e. The molecule has 1 aromatic heterocycles. The van der Waals surface area contributed by atoms with Gasteiger partial charge in [-0.25, -0.2) is 18.7 Å².